The van der Waals surface area contributed by atoms with Gasteiger partial charge in [-0.05, 0) is 24.7 Å². The SMILES string of the molecule is CC1(C)CCCC(CO)(NCC(F)(F)F)C1. The van der Waals surface area contributed by atoms with Crippen LogP contribution in [0.2, 0.25) is 0 Å². The van der Waals surface area contributed by atoms with Gasteiger partial charge in [-0.15, -0.1) is 0 Å². The summed E-state index contributed by atoms with van der Waals surface area (Å²) in [5.41, 5.74) is -0.753. The molecule has 0 heterocycles. The summed E-state index contributed by atoms with van der Waals surface area (Å²) in [5.74, 6) is 0. The Kier molecular flexibility index (Phi) is 3.90. The van der Waals surface area contributed by atoms with E-state index in [0.29, 0.717) is 12.8 Å². The number of halogens is 3. The van der Waals surface area contributed by atoms with E-state index < -0.39 is 18.3 Å². The summed E-state index contributed by atoms with van der Waals surface area (Å²) in [6.07, 6.45) is -1.15. The lowest BCUT2D eigenvalue weighted by molar-refractivity contribution is -0.132. The van der Waals surface area contributed by atoms with Crippen molar-refractivity contribution in [2.45, 2.75) is 51.2 Å². The second kappa shape index (κ2) is 4.53. The van der Waals surface area contributed by atoms with Crippen molar-refractivity contribution in [3.8, 4) is 0 Å². The highest BCUT2D eigenvalue weighted by Crippen LogP contribution is 2.41. The second-order valence-corrected chi connectivity index (χ2v) is 5.60. The molecule has 0 aromatic carbocycles. The molecule has 1 unspecified atom stereocenters. The maximum absolute atomic E-state index is 12.2. The number of aliphatic hydroxyl groups is 1. The molecule has 1 aliphatic carbocycles. The van der Waals surface area contributed by atoms with Gasteiger partial charge in [-0.2, -0.15) is 13.2 Å². The number of rotatable bonds is 3. The van der Waals surface area contributed by atoms with E-state index in [1.165, 1.54) is 0 Å². The first kappa shape index (κ1) is 13.8. The first-order chi connectivity index (χ1) is 7.18. The van der Waals surface area contributed by atoms with Gasteiger partial charge in [0.2, 0.25) is 0 Å². The van der Waals surface area contributed by atoms with Gasteiger partial charge in [0.05, 0.1) is 13.2 Å². The molecule has 2 nitrogen and oxygen atoms in total. The molecule has 0 bridgehead atoms. The van der Waals surface area contributed by atoms with E-state index in [1.807, 2.05) is 13.8 Å². The quantitative estimate of drug-likeness (QED) is 0.793. The molecular formula is C11H20F3NO. The van der Waals surface area contributed by atoms with Gasteiger partial charge in [-0.25, -0.2) is 0 Å². The average molecular weight is 239 g/mol. The molecule has 1 fully saturated rings. The van der Waals surface area contributed by atoms with Crippen molar-refractivity contribution in [3.05, 3.63) is 0 Å². The van der Waals surface area contributed by atoms with Crippen molar-refractivity contribution in [3.63, 3.8) is 0 Å². The summed E-state index contributed by atoms with van der Waals surface area (Å²) in [5, 5.41) is 11.8. The third-order valence-electron chi connectivity index (χ3n) is 3.29. The van der Waals surface area contributed by atoms with Crippen molar-refractivity contribution < 1.29 is 18.3 Å². The lowest BCUT2D eigenvalue weighted by atomic mass is 9.68. The Labute approximate surface area is 94.2 Å². The Balaban J connectivity index is 2.63. The Morgan fingerprint density at radius 2 is 1.88 bits per heavy atom. The van der Waals surface area contributed by atoms with Gasteiger partial charge < -0.3 is 10.4 Å². The minimum absolute atomic E-state index is 0.000418. The van der Waals surface area contributed by atoms with Crippen LogP contribution in [0.25, 0.3) is 0 Å². The van der Waals surface area contributed by atoms with E-state index in [9.17, 15) is 18.3 Å². The van der Waals surface area contributed by atoms with Crippen LogP contribution >= 0.6 is 0 Å². The van der Waals surface area contributed by atoms with Crippen LogP contribution in [0.15, 0.2) is 0 Å². The molecule has 1 saturated carbocycles. The third-order valence-corrected chi connectivity index (χ3v) is 3.29. The van der Waals surface area contributed by atoms with E-state index in [4.69, 9.17) is 0 Å². The Morgan fingerprint density at radius 3 is 2.31 bits per heavy atom. The van der Waals surface area contributed by atoms with Crippen LogP contribution in [-0.2, 0) is 0 Å². The smallest absolute Gasteiger partial charge is 0.394 e. The van der Waals surface area contributed by atoms with Crippen LogP contribution < -0.4 is 5.32 Å². The fourth-order valence-corrected chi connectivity index (χ4v) is 2.63. The van der Waals surface area contributed by atoms with Crippen molar-refractivity contribution in [2.75, 3.05) is 13.2 Å². The van der Waals surface area contributed by atoms with E-state index >= 15 is 0 Å². The van der Waals surface area contributed by atoms with Crippen LogP contribution in [0.1, 0.15) is 39.5 Å². The van der Waals surface area contributed by atoms with Gasteiger partial charge in [0, 0.05) is 5.54 Å². The number of alkyl halides is 3. The summed E-state index contributed by atoms with van der Waals surface area (Å²) in [7, 11) is 0. The standard InChI is InChI=1S/C11H20F3NO/c1-9(2)4-3-5-10(6-9,8-16)15-7-11(12,13)14/h15-16H,3-8H2,1-2H3. The molecule has 0 radical (unpaired) electrons. The normalized spacial score (nSPS) is 30.4. The molecule has 2 N–H and O–H groups in total. The first-order valence-electron chi connectivity index (χ1n) is 5.61. The molecule has 1 atom stereocenters. The highest BCUT2D eigenvalue weighted by atomic mass is 19.4. The fourth-order valence-electron chi connectivity index (χ4n) is 2.63. The predicted molar refractivity (Wildman–Crippen MR) is 56.1 cm³/mol. The lowest BCUT2D eigenvalue weighted by Crippen LogP contribution is -2.55. The summed E-state index contributed by atoms with van der Waals surface area (Å²) in [4.78, 5) is 0. The maximum Gasteiger partial charge on any atom is 0.401 e. The summed E-state index contributed by atoms with van der Waals surface area (Å²) < 4.78 is 36.5. The van der Waals surface area contributed by atoms with Gasteiger partial charge >= 0.3 is 6.18 Å². The molecule has 0 aromatic heterocycles. The summed E-state index contributed by atoms with van der Waals surface area (Å²) in [6, 6.07) is 0. The summed E-state index contributed by atoms with van der Waals surface area (Å²) in [6.45, 7) is 2.81. The molecule has 0 amide bonds. The number of hydrogen-bond acceptors (Lipinski definition) is 2. The van der Waals surface area contributed by atoms with Gasteiger partial charge in [0.15, 0.2) is 0 Å². The zero-order valence-corrected chi connectivity index (χ0v) is 9.82. The zero-order valence-electron chi connectivity index (χ0n) is 9.82. The second-order valence-electron chi connectivity index (χ2n) is 5.60. The van der Waals surface area contributed by atoms with Crippen molar-refractivity contribution in [2.24, 2.45) is 5.41 Å². The molecule has 1 aliphatic rings. The van der Waals surface area contributed by atoms with Gasteiger partial charge in [0.1, 0.15) is 0 Å². The molecule has 16 heavy (non-hydrogen) atoms. The minimum atomic E-state index is -4.22. The maximum atomic E-state index is 12.2. The Hall–Kier alpha value is -0.290. The van der Waals surface area contributed by atoms with E-state index in [0.717, 1.165) is 12.8 Å². The zero-order chi connectivity index (χ0) is 12.4. The van der Waals surface area contributed by atoms with Crippen molar-refractivity contribution >= 4 is 0 Å². The van der Waals surface area contributed by atoms with Crippen LogP contribution in [0, 0.1) is 5.41 Å². The Morgan fingerprint density at radius 1 is 1.25 bits per heavy atom. The van der Waals surface area contributed by atoms with Crippen LogP contribution in [0.3, 0.4) is 0 Å². The highest BCUT2D eigenvalue weighted by Gasteiger charge is 2.41. The molecule has 0 saturated heterocycles. The molecular weight excluding hydrogens is 219 g/mol. The molecule has 0 spiro atoms. The van der Waals surface area contributed by atoms with Crippen LogP contribution in [0.4, 0.5) is 13.2 Å². The van der Waals surface area contributed by atoms with Crippen LogP contribution in [-0.4, -0.2) is 30.0 Å². The van der Waals surface area contributed by atoms with Crippen molar-refractivity contribution in [1.82, 2.24) is 5.32 Å². The number of aliphatic hydroxyl groups excluding tert-OH is 1. The molecule has 1 rings (SSSR count). The van der Waals surface area contributed by atoms with Gasteiger partial charge in [0.25, 0.3) is 0 Å². The average Bonchev–Trinajstić information content (AvgIpc) is 2.12. The van der Waals surface area contributed by atoms with E-state index in [-0.39, 0.29) is 12.0 Å². The van der Waals surface area contributed by atoms with E-state index in [1.54, 1.807) is 0 Å². The topological polar surface area (TPSA) is 32.3 Å². The highest BCUT2D eigenvalue weighted by molar-refractivity contribution is 4.96. The van der Waals surface area contributed by atoms with Crippen molar-refractivity contribution in [1.29, 1.82) is 0 Å². The molecule has 0 aromatic rings. The number of nitrogens with one attached hydrogen (secondary N) is 1. The third kappa shape index (κ3) is 3.94. The fraction of sp³-hybridized carbons (Fsp3) is 1.00. The molecule has 96 valence electrons. The number of hydrogen-bond donors (Lipinski definition) is 2. The monoisotopic (exact) mass is 239 g/mol. The first-order valence-corrected chi connectivity index (χ1v) is 5.61. The molecule has 0 aliphatic heterocycles. The van der Waals surface area contributed by atoms with Crippen LogP contribution in [0.5, 0.6) is 0 Å². The summed E-state index contributed by atoms with van der Waals surface area (Å²) >= 11 is 0. The van der Waals surface area contributed by atoms with E-state index in [2.05, 4.69) is 5.32 Å². The largest absolute Gasteiger partial charge is 0.401 e. The minimum Gasteiger partial charge on any atom is -0.394 e. The molecule has 5 heteroatoms. The van der Waals surface area contributed by atoms with Gasteiger partial charge in [-0.1, -0.05) is 20.3 Å². The Bertz CT molecular complexity index is 240. The predicted octanol–water partition coefficient (Wildman–Crippen LogP) is 2.47. The lowest BCUT2D eigenvalue weighted by Gasteiger charge is -2.44. The van der Waals surface area contributed by atoms with Gasteiger partial charge in [-0.3, -0.25) is 0 Å².